The van der Waals surface area contributed by atoms with Crippen molar-refractivity contribution in [2.75, 3.05) is 24.7 Å². The minimum absolute atomic E-state index is 0.527. The molecule has 0 saturated heterocycles. The Kier molecular flexibility index (Phi) is 3.51. The minimum Gasteiger partial charge on any atom is -0.383 e. The van der Waals surface area contributed by atoms with Gasteiger partial charge in [0, 0.05) is 41.9 Å². The molecule has 2 heterocycles. The summed E-state index contributed by atoms with van der Waals surface area (Å²) in [4.78, 5) is 10.6. The Morgan fingerprint density at radius 1 is 1.10 bits per heavy atom. The molecule has 1 aromatic carbocycles. The van der Waals surface area contributed by atoms with Crippen molar-refractivity contribution < 1.29 is 0 Å². The Labute approximate surface area is 131 Å². The molecule has 0 spiro atoms. The smallest absolute Gasteiger partial charge is 0.135 e. The van der Waals surface area contributed by atoms with Crippen molar-refractivity contribution in [2.45, 2.75) is 0 Å². The number of hydrogen-bond acceptors (Lipinski definition) is 4. The average Bonchev–Trinajstić information content (AvgIpc) is 2.48. The molecule has 0 bridgehead atoms. The average molecular weight is 343 g/mol. The first kappa shape index (κ1) is 13.8. The summed E-state index contributed by atoms with van der Waals surface area (Å²) in [5.74, 6) is 1.49. The van der Waals surface area contributed by atoms with Gasteiger partial charge >= 0.3 is 0 Å². The van der Waals surface area contributed by atoms with Crippen LogP contribution >= 0.6 is 15.9 Å². The minimum atomic E-state index is 0.527. The largest absolute Gasteiger partial charge is 0.383 e. The quantitative estimate of drug-likeness (QED) is 0.771. The van der Waals surface area contributed by atoms with Gasteiger partial charge in [-0.1, -0.05) is 12.1 Å². The van der Waals surface area contributed by atoms with Crippen LogP contribution in [0.15, 0.2) is 47.2 Å². The fourth-order valence-corrected chi connectivity index (χ4v) is 2.70. The first-order valence-electron chi connectivity index (χ1n) is 6.54. The van der Waals surface area contributed by atoms with Gasteiger partial charge in [-0.2, -0.15) is 0 Å². The summed E-state index contributed by atoms with van der Waals surface area (Å²) in [6.07, 6.45) is 3.53. The lowest BCUT2D eigenvalue weighted by Gasteiger charge is -2.14. The lowest BCUT2D eigenvalue weighted by molar-refractivity contribution is 1.08. The summed E-state index contributed by atoms with van der Waals surface area (Å²) < 4.78 is 0.913. The monoisotopic (exact) mass is 342 g/mol. The summed E-state index contributed by atoms with van der Waals surface area (Å²) in [5.41, 5.74) is 7.96. The van der Waals surface area contributed by atoms with Gasteiger partial charge in [0.05, 0.1) is 0 Å². The van der Waals surface area contributed by atoms with Crippen molar-refractivity contribution in [1.82, 2.24) is 9.97 Å². The second-order valence-corrected chi connectivity index (χ2v) is 5.97. The maximum Gasteiger partial charge on any atom is 0.135 e. The first-order valence-corrected chi connectivity index (χ1v) is 7.33. The van der Waals surface area contributed by atoms with E-state index < -0.39 is 0 Å². The number of nitrogens with two attached hydrogens (primary N) is 1. The number of nitrogens with zero attached hydrogens (tertiary/aromatic N) is 3. The van der Waals surface area contributed by atoms with Crippen LogP contribution in [-0.4, -0.2) is 24.1 Å². The van der Waals surface area contributed by atoms with Crippen LogP contribution in [0, 0.1) is 0 Å². The van der Waals surface area contributed by atoms with E-state index in [9.17, 15) is 0 Å². The van der Waals surface area contributed by atoms with Crippen molar-refractivity contribution in [3.05, 3.63) is 47.2 Å². The molecule has 2 N–H and O–H groups in total. The predicted octanol–water partition coefficient (Wildman–Crippen LogP) is 3.71. The summed E-state index contributed by atoms with van der Waals surface area (Å²) in [6.45, 7) is 0. The van der Waals surface area contributed by atoms with E-state index in [1.807, 2.05) is 37.3 Å². The van der Waals surface area contributed by atoms with Crippen LogP contribution < -0.4 is 10.6 Å². The number of nitrogen functional groups attached to an aromatic ring is 1. The molecule has 2 aromatic heterocycles. The van der Waals surface area contributed by atoms with Crippen LogP contribution in [-0.2, 0) is 0 Å². The van der Waals surface area contributed by atoms with Gasteiger partial charge in [0.2, 0.25) is 0 Å². The van der Waals surface area contributed by atoms with E-state index in [-0.39, 0.29) is 0 Å². The Morgan fingerprint density at radius 2 is 1.90 bits per heavy atom. The topological polar surface area (TPSA) is 55.0 Å². The van der Waals surface area contributed by atoms with Gasteiger partial charge in [-0.05, 0) is 45.1 Å². The van der Waals surface area contributed by atoms with Gasteiger partial charge in [0.1, 0.15) is 11.6 Å². The summed E-state index contributed by atoms with van der Waals surface area (Å²) in [7, 11) is 3.98. The van der Waals surface area contributed by atoms with E-state index in [0.29, 0.717) is 5.82 Å². The molecule has 0 aliphatic heterocycles. The SMILES string of the molecule is CN(C)c1nccc2cc(-c3cc(Br)cnc3N)ccc12. The molecule has 106 valence electrons. The van der Waals surface area contributed by atoms with Crippen LogP contribution in [0.5, 0.6) is 0 Å². The van der Waals surface area contributed by atoms with Gasteiger partial charge < -0.3 is 10.6 Å². The molecular formula is C16H15BrN4. The molecule has 0 atom stereocenters. The Bertz CT molecular complexity index is 814. The Balaban J connectivity index is 2.20. The van der Waals surface area contributed by atoms with E-state index in [2.05, 4.69) is 44.1 Å². The van der Waals surface area contributed by atoms with Gasteiger partial charge in [0.15, 0.2) is 0 Å². The zero-order chi connectivity index (χ0) is 15.0. The molecule has 0 radical (unpaired) electrons. The summed E-state index contributed by atoms with van der Waals surface area (Å²) >= 11 is 3.44. The van der Waals surface area contributed by atoms with Gasteiger partial charge in [-0.3, -0.25) is 0 Å². The van der Waals surface area contributed by atoms with E-state index in [0.717, 1.165) is 32.2 Å². The van der Waals surface area contributed by atoms with Crippen LogP contribution in [0.2, 0.25) is 0 Å². The fourth-order valence-electron chi connectivity index (χ4n) is 2.37. The molecule has 0 unspecified atom stereocenters. The molecule has 3 aromatic rings. The molecule has 3 rings (SSSR count). The van der Waals surface area contributed by atoms with Crippen molar-refractivity contribution in [2.24, 2.45) is 0 Å². The number of aromatic nitrogens is 2. The summed E-state index contributed by atoms with van der Waals surface area (Å²) in [5, 5.41) is 2.25. The molecular weight excluding hydrogens is 328 g/mol. The highest BCUT2D eigenvalue weighted by molar-refractivity contribution is 9.10. The second kappa shape index (κ2) is 5.33. The van der Waals surface area contributed by atoms with Gasteiger partial charge in [0.25, 0.3) is 0 Å². The number of halogens is 1. The number of anilines is 2. The Hall–Kier alpha value is -2.14. The predicted molar refractivity (Wildman–Crippen MR) is 91.4 cm³/mol. The molecule has 0 aliphatic rings. The van der Waals surface area contributed by atoms with Gasteiger partial charge in [-0.25, -0.2) is 9.97 Å². The Morgan fingerprint density at radius 3 is 2.67 bits per heavy atom. The molecule has 4 nitrogen and oxygen atoms in total. The van der Waals surface area contributed by atoms with Crippen LogP contribution in [0.4, 0.5) is 11.6 Å². The molecule has 0 saturated carbocycles. The summed E-state index contributed by atoms with van der Waals surface area (Å²) in [6, 6.07) is 10.2. The standard InChI is InChI=1S/C16H15BrN4/c1-21(2)16-13-4-3-10(7-11(13)5-6-19-16)14-8-12(17)9-20-15(14)18/h3-9H,1-2H3,(H2,18,20). The highest BCUT2D eigenvalue weighted by atomic mass is 79.9. The zero-order valence-electron chi connectivity index (χ0n) is 11.8. The van der Waals surface area contributed by atoms with Crippen LogP contribution in [0.25, 0.3) is 21.9 Å². The van der Waals surface area contributed by atoms with Crippen molar-refractivity contribution in [3.8, 4) is 11.1 Å². The zero-order valence-corrected chi connectivity index (χ0v) is 13.4. The van der Waals surface area contributed by atoms with Crippen LogP contribution in [0.3, 0.4) is 0 Å². The number of fused-ring (bicyclic) bond motifs is 1. The maximum absolute atomic E-state index is 5.99. The molecule has 5 heteroatoms. The third-order valence-corrected chi connectivity index (χ3v) is 3.80. The van der Waals surface area contributed by atoms with Gasteiger partial charge in [-0.15, -0.1) is 0 Å². The lowest BCUT2D eigenvalue weighted by atomic mass is 10.0. The number of pyridine rings is 2. The van der Waals surface area contributed by atoms with E-state index in [4.69, 9.17) is 5.73 Å². The highest BCUT2D eigenvalue weighted by Gasteiger charge is 2.09. The van der Waals surface area contributed by atoms with Crippen molar-refractivity contribution in [1.29, 1.82) is 0 Å². The number of benzene rings is 1. The number of rotatable bonds is 2. The normalized spacial score (nSPS) is 10.8. The van der Waals surface area contributed by atoms with E-state index in [1.165, 1.54) is 0 Å². The lowest BCUT2D eigenvalue weighted by Crippen LogP contribution is -2.10. The molecule has 0 fully saturated rings. The molecule has 0 aliphatic carbocycles. The second-order valence-electron chi connectivity index (χ2n) is 5.05. The third-order valence-electron chi connectivity index (χ3n) is 3.36. The van der Waals surface area contributed by atoms with Crippen molar-refractivity contribution >= 4 is 38.3 Å². The molecule has 0 amide bonds. The third kappa shape index (κ3) is 2.56. The maximum atomic E-state index is 5.99. The van der Waals surface area contributed by atoms with Crippen molar-refractivity contribution in [3.63, 3.8) is 0 Å². The van der Waals surface area contributed by atoms with E-state index >= 15 is 0 Å². The fraction of sp³-hybridized carbons (Fsp3) is 0.125. The highest BCUT2D eigenvalue weighted by Crippen LogP contribution is 2.31. The molecule has 21 heavy (non-hydrogen) atoms. The number of hydrogen-bond donors (Lipinski definition) is 1. The van der Waals surface area contributed by atoms with E-state index in [1.54, 1.807) is 6.20 Å². The first-order chi connectivity index (χ1) is 10.1. The van der Waals surface area contributed by atoms with Crippen LogP contribution in [0.1, 0.15) is 0 Å².